The minimum atomic E-state index is -5.46. The Labute approximate surface area is 224 Å². The molecule has 1 aliphatic carbocycles. The molecule has 3 N–H and O–H groups in total. The van der Waals surface area contributed by atoms with Crippen LogP contribution in [-0.2, 0) is 29.5 Å². The molecule has 4 atom stereocenters. The molecule has 1 unspecified atom stereocenters. The predicted octanol–water partition coefficient (Wildman–Crippen LogP) is 1.93. The van der Waals surface area contributed by atoms with Gasteiger partial charge in [-0.25, -0.2) is 0 Å². The van der Waals surface area contributed by atoms with E-state index >= 15 is 0 Å². The second-order valence-electron chi connectivity index (χ2n) is 10.5. The number of aliphatic hydroxyl groups is 1. The minimum Gasteiger partial charge on any atom is -0.369 e. The van der Waals surface area contributed by atoms with Crippen molar-refractivity contribution < 1.29 is 55.4 Å². The summed E-state index contributed by atoms with van der Waals surface area (Å²) in [5.74, 6) is -5.37. The standard InChI is InChI=1S/C25H27F6N3O6/c26-24(27,28)23(39,15-4-2-1-3-5-15)21(38)34-13-22(7-8-22)11-17(34)20(37)33-16(10-14-6-9-32-19(14)36)18(35)12-40-25(29,30)31/h1-5,14,16-17,39H,6-13H2,(H,32,36)(H,33,37)/t14-,16-,17-,23?/m0/s1. The van der Waals surface area contributed by atoms with Crippen LogP contribution in [0.1, 0.15) is 37.7 Å². The van der Waals surface area contributed by atoms with Crippen LogP contribution in [0.4, 0.5) is 26.3 Å². The fraction of sp³-hybridized carbons (Fsp3) is 0.600. The number of Topliss-reactive ketones (excluding diaryl/α,β-unsaturated/α-hetero) is 1. The summed E-state index contributed by atoms with van der Waals surface area (Å²) >= 11 is 0. The summed E-state index contributed by atoms with van der Waals surface area (Å²) in [6.45, 7) is -1.49. The van der Waals surface area contributed by atoms with Crippen molar-refractivity contribution in [2.24, 2.45) is 11.3 Å². The van der Waals surface area contributed by atoms with Crippen LogP contribution in [0.25, 0.3) is 0 Å². The molecule has 1 aromatic rings. The van der Waals surface area contributed by atoms with E-state index < -0.39 is 77.2 Å². The smallest absolute Gasteiger partial charge is 0.369 e. The highest BCUT2D eigenvalue weighted by Crippen LogP contribution is 2.56. The van der Waals surface area contributed by atoms with Crippen LogP contribution in [0, 0.1) is 11.3 Å². The van der Waals surface area contributed by atoms with Gasteiger partial charge in [0.2, 0.25) is 11.8 Å². The maximum Gasteiger partial charge on any atom is 0.522 e. The normalized spacial score (nSPS) is 24.4. The first-order valence-electron chi connectivity index (χ1n) is 12.5. The molecule has 2 saturated heterocycles. The lowest BCUT2D eigenvalue weighted by Gasteiger charge is -2.35. The molecule has 2 heterocycles. The van der Waals surface area contributed by atoms with Crippen LogP contribution in [0.15, 0.2) is 30.3 Å². The Bertz CT molecular complexity index is 1160. The number of carbonyl (C=O) groups excluding carboxylic acids is 4. The molecule has 9 nitrogen and oxygen atoms in total. The molecule has 1 aromatic carbocycles. The number of rotatable bonds is 9. The third-order valence-corrected chi connectivity index (χ3v) is 7.71. The maximum absolute atomic E-state index is 14.2. The molecule has 15 heteroatoms. The van der Waals surface area contributed by atoms with Crippen molar-refractivity contribution in [3.63, 3.8) is 0 Å². The van der Waals surface area contributed by atoms with Gasteiger partial charge in [-0.1, -0.05) is 30.3 Å². The summed E-state index contributed by atoms with van der Waals surface area (Å²) < 4.78 is 83.8. The molecule has 0 aromatic heterocycles. The lowest BCUT2D eigenvalue weighted by molar-refractivity contribution is -0.321. The van der Waals surface area contributed by atoms with Gasteiger partial charge in [-0.3, -0.25) is 23.9 Å². The van der Waals surface area contributed by atoms with Crippen LogP contribution >= 0.6 is 0 Å². The topological polar surface area (TPSA) is 125 Å². The number of likely N-dealkylation sites (tertiary alicyclic amines) is 1. The van der Waals surface area contributed by atoms with Crippen LogP contribution in [0.2, 0.25) is 0 Å². The van der Waals surface area contributed by atoms with Gasteiger partial charge in [-0.15, -0.1) is 13.2 Å². The Hall–Kier alpha value is -3.20. The van der Waals surface area contributed by atoms with Crippen molar-refractivity contribution in [3.05, 3.63) is 35.9 Å². The van der Waals surface area contributed by atoms with E-state index in [1.54, 1.807) is 0 Å². The monoisotopic (exact) mass is 579 g/mol. The van der Waals surface area contributed by atoms with Crippen molar-refractivity contribution in [3.8, 4) is 0 Å². The largest absolute Gasteiger partial charge is 0.522 e. The molecule has 3 fully saturated rings. The Morgan fingerprint density at radius 1 is 1.12 bits per heavy atom. The molecule has 1 spiro atoms. The maximum atomic E-state index is 14.2. The molecule has 4 rings (SSSR count). The zero-order valence-electron chi connectivity index (χ0n) is 21.0. The van der Waals surface area contributed by atoms with E-state index in [0.29, 0.717) is 17.7 Å². The van der Waals surface area contributed by atoms with Crippen LogP contribution in [0.5, 0.6) is 0 Å². The van der Waals surface area contributed by atoms with E-state index in [1.807, 2.05) is 0 Å². The number of carbonyl (C=O) groups is 4. The number of hydrogen-bond donors (Lipinski definition) is 3. The minimum absolute atomic E-state index is 0.0722. The molecule has 0 bridgehead atoms. The van der Waals surface area contributed by atoms with E-state index in [4.69, 9.17) is 0 Å². The summed E-state index contributed by atoms with van der Waals surface area (Å²) in [6, 6.07) is 2.44. The van der Waals surface area contributed by atoms with Gasteiger partial charge < -0.3 is 20.6 Å². The number of ether oxygens (including phenoxy) is 1. The second-order valence-corrected chi connectivity index (χ2v) is 10.5. The average Bonchev–Trinajstić information content (AvgIpc) is 3.34. The summed E-state index contributed by atoms with van der Waals surface area (Å²) in [6.07, 6.45) is -9.82. The number of hydrogen-bond acceptors (Lipinski definition) is 6. The van der Waals surface area contributed by atoms with Gasteiger partial charge in [-0.2, -0.15) is 13.2 Å². The van der Waals surface area contributed by atoms with Gasteiger partial charge in [0.25, 0.3) is 11.5 Å². The van der Waals surface area contributed by atoms with E-state index in [2.05, 4.69) is 15.4 Å². The lowest BCUT2D eigenvalue weighted by atomic mass is 9.91. The molecule has 1 saturated carbocycles. The first kappa shape index (κ1) is 29.8. The number of ketones is 1. The van der Waals surface area contributed by atoms with Crippen molar-refractivity contribution in [2.45, 2.75) is 62.3 Å². The highest BCUT2D eigenvalue weighted by molar-refractivity contribution is 5.96. The average molecular weight is 579 g/mol. The summed E-state index contributed by atoms with van der Waals surface area (Å²) in [5, 5.41) is 15.6. The number of benzene rings is 1. The van der Waals surface area contributed by atoms with Gasteiger partial charge in [0.1, 0.15) is 12.6 Å². The predicted molar refractivity (Wildman–Crippen MR) is 123 cm³/mol. The van der Waals surface area contributed by atoms with Crippen molar-refractivity contribution >= 4 is 23.5 Å². The van der Waals surface area contributed by atoms with Gasteiger partial charge in [-0.05, 0) is 37.5 Å². The number of amides is 3. The fourth-order valence-corrected chi connectivity index (χ4v) is 5.29. The first-order chi connectivity index (χ1) is 18.6. The van der Waals surface area contributed by atoms with Gasteiger partial charge in [0, 0.05) is 24.6 Å². The van der Waals surface area contributed by atoms with E-state index in [0.717, 1.165) is 12.1 Å². The van der Waals surface area contributed by atoms with Gasteiger partial charge in [0.15, 0.2) is 5.78 Å². The Morgan fingerprint density at radius 3 is 2.30 bits per heavy atom. The number of nitrogens with one attached hydrogen (secondary N) is 2. The van der Waals surface area contributed by atoms with Gasteiger partial charge in [0.05, 0.1) is 6.04 Å². The summed E-state index contributed by atoms with van der Waals surface area (Å²) in [7, 11) is 0. The zero-order valence-corrected chi connectivity index (χ0v) is 21.0. The van der Waals surface area contributed by atoms with Crippen molar-refractivity contribution in [1.29, 1.82) is 0 Å². The van der Waals surface area contributed by atoms with Crippen molar-refractivity contribution in [1.82, 2.24) is 15.5 Å². The second kappa shape index (κ2) is 10.7. The van der Waals surface area contributed by atoms with E-state index in [-0.39, 0.29) is 32.4 Å². The highest BCUT2D eigenvalue weighted by Gasteiger charge is 2.66. The van der Waals surface area contributed by atoms with E-state index in [1.165, 1.54) is 18.2 Å². The third kappa shape index (κ3) is 6.09. The molecule has 220 valence electrons. The zero-order chi connectivity index (χ0) is 29.5. The SMILES string of the molecule is O=C1NCC[C@H]1C[C@H](NC(=O)[C@@H]1CC2(CC2)CN1C(=O)C(O)(c1ccccc1)C(F)(F)F)C(=O)COC(F)(F)F. The fourth-order valence-electron chi connectivity index (χ4n) is 5.29. The first-order valence-corrected chi connectivity index (χ1v) is 12.5. The van der Waals surface area contributed by atoms with Crippen LogP contribution in [-0.4, -0.2) is 77.8 Å². The molecule has 40 heavy (non-hydrogen) atoms. The third-order valence-electron chi connectivity index (χ3n) is 7.71. The Balaban J connectivity index is 1.59. The molecule has 3 aliphatic rings. The molecule has 2 aliphatic heterocycles. The van der Waals surface area contributed by atoms with Crippen LogP contribution in [0.3, 0.4) is 0 Å². The molecular formula is C25H27F6N3O6. The highest BCUT2D eigenvalue weighted by atomic mass is 19.4. The van der Waals surface area contributed by atoms with E-state index in [9.17, 15) is 50.6 Å². The summed E-state index contributed by atoms with van der Waals surface area (Å²) in [4.78, 5) is 52.1. The molecular weight excluding hydrogens is 552 g/mol. The number of halogens is 6. The molecule has 3 amide bonds. The Kier molecular flexibility index (Phi) is 7.93. The van der Waals surface area contributed by atoms with Crippen LogP contribution < -0.4 is 10.6 Å². The summed E-state index contributed by atoms with van der Waals surface area (Å²) in [5.41, 5.74) is -5.40. The lowest BCUT2D eigenvalue weighted by Crippen LogP contribution is -2.59. The number of alkyl halides is 6. The molecule has 0 radical (unpaired) electrons. The Morgan fingerprint density at radius 2 is 1.77 bits per heavy atom. The van der Waals surface area contributed by atoms with Crippen molar-refractivity contribution in [2.75, 3.05) is 19.7 Å². The quantitative estimate of drug-likeness (QED) is 0.384. The number of nitrogens with zero attached hydrogens (tertiary/aromatic N) is 1. The van der Waals surface area contributed by atoms with Gasteiger partial charge >= 0.3 is 12.5 Å².